The first-order valence-corrected chi connectivity index (χ1v) is 6.54. The van der Waals surface area contributed by atoms with E-state index in [0.29, 0.717) is 18.8 Å². The molecule has 0 unspecified atom stereocenters. The van der Waals surface area contributed by atoms with E-state index < -0.39 is 0 Å². The van der Waals surface area contributed by atoms with Gasteiger partial charge in [-0.15, -0.1) is 0 Å². The molecule has 0 bridgehead atoms. The normalized spacial score (nSPS) is 22.1. The van der Waals surface area contributed by atoms with Gasteiger partial charge in [0.1, 0.15) is 12.4 Å². The molecule has 20 heavy (non-hydrogen) atoms. The van der Waals surface area contributed by atoms with Crippen LogP contribution in [0.25, 0.3) is 0 Å². The van der Waals surface area contributed by atoms with Crippen LogP contribution in [0, 0.1) is 5.92 Å². The van der Waals surface area contributed by atoms with Crippen molar-refractivity contribution in [1.82, 2.24) is 20.3 Å². The molecule has 7 nitrogen and oxygen atoms in total. The lowest BCUT2D eigenvalue weighted by Gasteiger charge is -2.18. The number of aromatic nitrogens is 3. The number of ether oxygens (including phenoxy) is 1. The van der Waals surface area contributed by atoms with E-state index in [-0.39, 0.29) is 17.9 Å². The average molecular weight is 276 g/mol. The fourth-order valence-electron chi connectivity index (χ4n) is 2.48. The summed E-state index contributed by atoms with van der Waals surface area (Å²) in [6, 6.07) is 3.49. The maximum Gasteiger partial charge on any atom is 0.273 e. The maximum absolute atomic E-state index is 11.8. The van der Waals surface area contributed by atoms with E-state index in [1.54, 1.807) is 12.3 Å². The summed E-state index contributed by atoms with van der Waals surface area (Å²) in [7, 11) is 1.89. The molecule has 0 spiro atoms. The Morgan fingerprint density at radius 3 is 3.15 bits per heavy atom. The Bertz CT molecular complexity index is 578. The third-order valence-electron chi connectivity index (χ3n) is 3.56. The van der Waals surface area contributed by atoms with Gasteiger partial charge in [0.2, 0.25) is 0 Å². The molecular weight excluding hydrogens is 260 g/mol. The molecule has 1 aliphatic rings. The second kappa shape index (κ2) is 5.46. The number of hydrogen-bond donors (Lipinski definition) is 1. The molecule has 0 radical (unpaired) electrons. The van der Waals surface area contributed by atoms with Crippen LogP contribution < -0.4 is 5.32 Å². The largest absolute Gasteiger partial charge is 0.372 e. The van der Waals surface area contributed by atoms with Crippen molar-refractivity contribution >= 4 is 5.91 Å². The lowest BCUT2D eigenvalue weighted by Crippen LogP contribution is -2.31. The van der Waals surface area contributed by atoms with Crippen molar-refractivity contribution in [1.29, 1.82) is 0 Å². The van der Waals surface area contributed by atoms with Crippen molar-refractivity contribution in [2.24, 2.45) is 13.0 Å². The molecule has 1 aliphatic heterocycles. The Morgan fingerprint density at radius 1 is 1.55 bits per heavy atom. The van der Waals surface area contributed by atoms with Gasteiger partial charge in [-0.1, -0.05) is 5.16 Å². The molecule has 2 aromatic heterocycles. The molecule has 106 valence electrons. The summed E-state index contributed by atoms with van der Waals surface area (Å²) in [6.45, 7) is 1.24. The van der Waals surface area contributed by atoms with E-state index in [1.165, 1.54) is 6.26 Å². The summed E-state index contributed by atoms with van der Waals surface area (Å²) < 4.78 is 12.2. The van der Waals surface area contributed by atoms with Crippen LogP contribution in [0.4, 0.5) is 0 Å². The van der Waals surface area contributed by atoms with E-state index in [2.05, 4.69) is 20.1 Å². The molecule has 2 atom stereocenters. The number of carbonyl (C=O) groups is 1. The van der Waals surface area contributed by atoms with Gasteiger partial charge >= 0.3 is 0 Å². The van der Waals surface area contributed by atoms with Gasteiger partial charge in [-0.25, -0.2) is 0 Å². The minimum atomic E-state index is -0.227. The predicted molar refractivity (Wildman–Crippen MR) is 68.8 cm³/mol. The van der Waals surface area contributed by atoms with Crippen LogP contribution in [0.15, 0.2) is 29.1 Å². The fourth-order valence-corrected chi connectivity index (χ4v) is 2.48. The molecule has 3 heterocycles. The van der Waals surface area contributed by atoms with Gasteiger partial charge in [0, 0.05) is 38.4 Å². The van der Waals surface area contributed by atoms with Gasteiger partial charge in [-0.05, 0) is 12.5 Å². The van der Waals surface area contributed by atoms with Crippen molar-refractivity contribution in [3.8, 4) is 0 Å². The smallest absolute Gasteiger partial charge is 0.273 e. The van der Waals surface area contributed by atoms with Gasteiger partial charge < -0.3 is 14.6 Å². The number of nitrogens with zero attached hydrogens (tertiary/aromatic N) is 3. The standard InChI is InChI=1S/C13H16N4O3/c1-17-11(2-5-15-17)12-9(3-6-19-12)8-14-13(18)10-4-7-20-16-10/h2,4-5,7,9,12H,3,6,8H2,1H3,(H,14,18)/t9-,12+/m0/s1. The van der Waals surface area contributed by atoms with E-state index in [4.69, 9.17) is 4.74 Å². The summed E-state index contributed by atoms with van der Waals surface area (Å²) in [5, 5.41) is 10.6. The zero-order valence-corrected chi connectivity index (χ0v) is 11.2. The highest BCUT2D eigenvalue weighted by atomic mass is 16.5. The number of carbonyl (C=O) groups excluding carboxylic acids is 1. The highest BCUT2D eigenvalue weighted by Crippen LogP contribution is 2.33. The Hall–Kier alpha value is -2.15. The predicted octanol–water partition coefficient (Wildman–Crippen LogP) is 0.916. The van der Waals surface area contributed by atoms with Crippen molar-refractivity contribution in [2.75, 3.05) is 13.2 Å². The quantitative estimate of drug-likeness (QED) is 0.897. The third-order valence-corrected chi connectivity index (χ3v) is 3.56. The topological polar surface area (TPSA) is 82.2 Å². The van der Waals surface area contributed by atoms with Crippen LogP contribution in [0.1, 0.15) is 28.7 Å². The molecule has 3 rings (SSSR count). The van der Waals surface area contributed by atoms with Crippen LogP contribution in [0.5, 0.6) is 0 Å². The maximum atomic E-state index is 11.8. The first kappa shape index (κ1) is 12.9. The Kier molecular flexibility index (Phi) is 3.51. The second-order valence-corrected chi connectivity index (χ2v) is 4.81. The SMILES string of the molecule is Cn1nccc1[C@@H]1OCC[C@H]1CNC(=O)c1ccon1. The van der Waals surface area contributed by atoms with Gasteiger partial charge in [-0.2, -0.15) is 5.10 Å². The summed E-state index contributed by atoms with van der Waals surface area (Å²) in [5.41, 5.74) is 1.32. The van der Waals surface area contributed by atoms with E-state index in [1.807, 2.05) is 17.8 Å². The zero-order chi connectivity index (χ0) is 13.9. The number of rotatable bonds is 4. The molecule has 1 fully saturated rings. The summed E-state index contributed by atoms with van der Waals surface area (Å²) >= 11 is 0. The number of amides is 1. The molecule has 0 aromatic carbocycles. The second-order valence-electron chi connectivity index (χ2n) is 4.81. The highest BCUT2D eigenvalue weighted by molar-refractivity contribution is 5.91. The highest BCUT2D eigenvalue weighted by Gasteiger charge is 2.31. The van der Waals surface area contributed by atoms with E-state index in [0.717, 1.165) is 12.1 Å². The summed E-state index contributed by atoms with van der Waals surface area (Å²) in [4.78, 5) is 11.8. The molecule has 1 amide bonds. The van der Waals surface area contributed by atoms with E-state index in [9.17, 15) is 4.79 Å². The average Bonchev–Trinajstić information content (AvgIpc) is 3.17. The van der Waals surface area contributed by atoms with E-state index >= 15 is 0 Å². The Balaban J connectivity index is 1.62. The van der Waals surface area contributed by atoms with Crippen molar-refractivity contribution < 1.29 is 14.1 Å². The van der Waals surface area contributed by atoms with Crippen LogP contribution in [-0.2, 0) is 11.8 Å². The summed E-state index contributed by atoms with van der Waals surface area (Å²) in [6.07, 6.45) is 4.02. The van der Waals surface area contributed by atoms with Crippen LogP contribution in [-0.4, -0.2) is 34.0 Å². The lowest BCUT2D eigenvalue weighted by atomic mass is 9.99. The van der Waals surface area contributed by atoms with Gasteiger partial charge in [-0.3, -0.25) is 9.48 Å². The lowest BCUT2D eigenvalue weighted by molar-refractivity contribution is 0.0798. The van der Waals surface area contributed by atoms with Crippen molar-refractivity contribution in [3.63, 3.8) is 0 Å². The molecule has 0 saturated carbocycles. The molecule has 7 heteroatoms. The first-order chi connectivity index (χ1) is 9.75. The summed E-state index contributed by atoms with van der Waals surface area (Å²) in [5.74, 6) is 0.00987. The van der Waals surface area contributed by atoms with Gasteiger partial charge in [0.25, 0.3) is 5.91 Å². The van der Waals surface area contributed by atoms with Crippen molar-refractivity contribution in [3.05, 3.63) is 36.0 Å². The third kappa shape index (κ3) is 2.44. The minimum Gasteiger partial charge on any atom is -0.372 e. The van der Waals surface area contributed by atoms with Crippen LogP contribution >= 0.6 is 0 Å². The Morgan fingerprint density at radius 2 is 2.45 bits per heavy atom. The minimum absolute atomic E-state index is 0.0277. The van der Waals surface area contributed by atoms with Gasteiger partial charge in [0.15, 0.2) is 5.69 Å². The molecule has 2 aromatic rings. The van der Waals surface area contributed by atoms with Gasteiger partial charge in [0.05, 0.1) is 5.69 Å². The van der Waals surface area contributed by atoms with Crippen LogP contribution in [0.3, 0.4) is 0 Å². The monoisotopic (exact) mass is 276 g/mol. The fraction of sp³-hybridized carbons (Fsp3) is 0.462. The molecule has 0 aliphatic carbocycles. The number of hydrogen-bond acceptors (Lipinski definition) is 5. The first-order valence-electron chi connectivity index (χ1n) is 6.54. The molecule has 1 saturated heterocycles. The zero-order valence-electron chi connectivity index (χ0n) is 11.2. The number of nitrogens with one attached hydrogen (secondary N) is 1. The number of aryl methyl sites for hydroxylation is 1. The van der Waals surface area contributed by atoms with Crippen LogP contribution in [0.2, 0.25) is 0 Å². The van der Waals surface area contributed by atoms with Crippen molar-refractivity contribution in [2.45, 2.75) is 12.5 Å². The Labute approximate surface area is 115 Å². The molecular formula is C13H16N4O3. The molecule has 1 N–H and O–H groups in total.